The van der Waals surface area contributed by atoms with Crippen molar-refractivity contribution in [2.75, 3.05) is 6.61 Å². The number of benzene rings is 6. The number of aliphatic carboxylic acids is 1. The Morgan fingerprint density at radius 3 is 2.30 bits per heavy atom. The molecule has 0 bridgehead atoms. The Kier molecular flexibility index (Phi) is 12.7. The summed E-state index contributed by atoms with van der Waals surface area (Å²) in [7, 11) is 0. The van der Waals surface area contributed by atoms with Gasteiger partial charge >= 0.3 is 5.97 Å². The van der Waals surface area contributed by atoms with Crippen molar-refractivity contribution in [1.29, 1.82) is 0 Å². The van der Waals surface area contributed by atoms with Crippen LogP contribution >= 0.6 is 23.2 Å². The van der Waals surface area contributed by atoms with E-state index in [1.807, 2.05) is 91.0 Å². The van der Waals surface area contributed by atoms with Crippen molar-refractivity contribution in [2.45, 2.75) is 77.4 Å². The van der Waals surface area contributed by atoms with Gasteiger partial charge in [0.1, 0.15) is 25.0 Å². The lowest BCUT2D eigenvalue weighted by Crippen LogP contribution is -2.55. The van der Waals surface area contributed by atoms with E-state index in [9.17, 15) is 14.7 Å². The van der Waals surface area contributed by atoms with E-state index in [1.54, 1.807) is 12.1 Å². The van der Waals surface area contributed by atoms with Crippen molar-refractivity contribution < 1.29 is 28.9 Å². The van der Waals surface area contributed by atoms with Gasteiger partial charge < -0.3 is 24.6 Å². The Labute approximate surface area is 367 Å². The van der Waals surface area contributed by atoms with Gasteiger partial charge in [-0.15, -0.1) is 0 Å². The van der Waals surface area contributed by atoms with Crippen LogP contribution < -0.4 is 19.5 Å². The van der Waals surface area contributed by atoms with Crippen LogP contribution in [0.2, 0.25) is 10.0 Å². The van der Waals surface area contributed by atoms with Gasteiger partial charge in [0.05, 0.1) is 16.1 Å². The zero-order chi connectivity index (χ0) is 42.6. The fourth-order valence-electron chi connectivity index (χ4n) is 8.41. The van der Waals surface area contributed by atoms with E-state index >= 15 is 0 Å². The SMILES string of the molecule is CC[C@@H](c1ccccc1)N1Cc2cc3c(cc2C[C@H]1C(=O)N[C@@H](Cc1ccc(-c2cccc(C)c2C)cc1)C(=O)O)OC[C@H](c1ccc(OCc2ccc(Cl)c(Cl)c2)cc1)O3. The van der Waals surface area contributed by atoms with Crippen LogP contribution in [0.1, 0.15) is 70.0 Å². The summed E-state index contributed by atoms with van der Waals surface area (Å²) in [6.07, 6.45) is 0.946. The first-order valence-electron chi connectivity index (χ1n) is 20.7. The van der Waals surface area contributed by atoms with Crippen molar-refractivity contribution >= 4 is 35.1 Å². The first-order chi connectivity index (χ1) is 29.5. The summed E-state index contributed by atoms with van der Waals surface area (Å²) < 4.78 is 18.9. The second-order valence-electron chi connectivity index (χ2n) is 15.9. The first kappa shape index (κ1) is 41.9. The number of hydrogen-bond donors (Lipinski definition) is 2. The third kappa shape index (κ3) is 9.42. The predicted octanol–water partition coefficient (Wildman–Crippen LogP) is 11.1. The number of nitrogens with zero attached hydrogens (tertiary/aromatic N) is 1. The van der Waals surface area contributed by atoms with Gasteiger partial charge in [-0.2, -0.15) is 0 Å². The quantitative estimate of drug-likeness (QED) is 0.119. The standard InChI is InChI=1S/C51H48Cl2N2O6/c1-4-45(36-10-6-5-7-11-36)55-28-39-27-48-47(60-30-49(61-48)37-18-20-40(21-19-37)59-29-34-15-22-42(52)43(53)23-34)26-38(39)25-46(55)50(56)54-44(51(57)58)24-33-13-16-35(17-14-33)41-12-8-9-31(2)32(41)3/h5-23,26-27,44-46,49H,4,24-25,28-30H2,1-3H3,(H,54,56)(H,57,58)/t44-,45-,46-,49+/m0/s1. The van der Waals surface area contributed by atoms with Gasteiger partial charge in [0.25, 0.3) is 0 Å². The molecule has 0 saturated carbocycles. The van der Waals surface area contributed by atoms with Crippen LogP contribution in [0.5, 0.6) is 17.2 Å². The number of halogens is 2. The van der Waals surface area contributed by atoms with Gasteiger partial charge in [0, 0.05) is 19.0 Å². The van der Waals surface area contributed by atoms with Crippen molar-refractivity contribution in [2.24, 2.45) is 0 Å². The maximum absolute atomic E-state index is 14.4. The van der Waals surface area contributed by atoms with Gasteiger partial charge in [0.2, 0.25) is 5.91 Å². The lowest BCUT2D eigenvalue weighted by atomic mass is 9.89. The lowest BCUT2D eigenvalue weighted by molar-refractivity contribution is -0.143. The molecule has 0 aliphatic carbocycles. The molecule has 0 aromatic heterocycles. The van der Waals surface area contributed by atoms with Crippen LogP contribution in [0.4, 0.5) is 0 Å². The molecule has 10 heteroatoms. The summed E-state index contributed by atoms with van der Waals surface area (Å²) in [5.41, 5.74) is 10.4. The van der Waals surface area contributed by atoms with Crippen LogP contribution in [0.15, 0.2) is 127 Å². The predicted molar refractivity (Wildman–Crippen MR) is 240 cm³/mol. The number of carboxylic acid groups (broad SMARTS) is 1. The number of nitrogens with one attached hydrogen (secondary N) is 1. The van der Waals surface area contributed by atoms with Crippen LogP contribution in [0.25, 0.3) is 11.1 Å². The lowest BCUT2D eigenvalue weighted by Gasteiger charge is -2.42. The van der Waals surface area contributed by atoms with Gasteiger partial charge in [0.15, 0.2) is 17.6 Å². The van der Waals surface area contributed by atoms with Gasteiger partial charge in [-0.05, 0) is 119 Å². The number of carbonyl (C=O) groups is 2. The molecule has 2 aliphatic heterocycles. The molecule has 0 spiro atoms. The molecule has 8 nitrogen and oxygen atoms in total. The number of carboxylic acids is 1. The fraction of sp³-hybridized carbons (Fsp3) is 0.255. The van der Waals surface area contributed by atoms with E-state index in [0.717, 1.165) is 50.9 Å². The molecule has 0 fully saturated rings. The molecule has 8 rings (SSSR count). The molecule has 6 aromatic rings. The topological polar surface area (TPSA) is 97.3 Å². The average Bonchev–Trinajstić information content (AvgIpc) is 3.27. The van der Waals surface area contributed by atoms with Crippen LogP contribution in [-0.2, 0) is 35.6 Å². The molecule has 2 heterocycles. The van der Waals surface area contributed by atoms with Crippen molar-refractivity contribution in [1.82, 2.24) is 10.2 Å². The van der Waals surface area contributed by atoms with Crippen LogP contribution in [0, 0.1) is 13.8 Å². The molecule has 1 amide bonds. The van der Waals surface area contributed by atoms with Crippen molar-refractivity contribution in [3.63, 3.8) is 0 Å². The third-order valence-corrected chi connectivity index (χ3v) is 12.7. The summed E-state index contributed by atoms with van der Waals surface area (Å²) in [6, 6.07) is 39.7. The summed E-state index contributed by atoms with van der Waals surface area (Å²) in [6.45, 7) is 7.43. The summed E-state index contributed by atoms with van der Waals surface area (Å²) in [5.74, 6) is 0.566. The smallest absolute Gasteiger partial charge is 0.326 e. The highest BCUT2D eigenvalue weighted by molar-refractivity contribution is 6.42. The molecule has 2 N–H and O–H groups in total. The minimum absolute atomic E-state index is 0.0932. The van der Waals surface area contributed by atoms with Gasteiger partial charge in [-0.1, -0.05) is 121 Å². The zero-order valence-corrected chi connectivity index (χ0v) is 35.9. The fourth-order valence-corrected chi connectivity index (χ4v) is 8.73. The number of carbonyl (C=O) groups excluding carboxylic acids is 1. The van der Waals surface area contributed by atoms with E-state index in [-0.39, 0.29) is 24.5 Å². The summed E-state index contributed by atoms with van der Waals surface area (Å²) >= 11 is 12.2. The van der Waals surface area contributed by atoms with Gasteiger partial charge in [-0.3, -0.25) is 9.69 Å². The highest BCUT2D eigenvalue weighted by Gasteiger charge is 2.39. The van der Waals surface area contributed by atoms with Crippen molar-refractivity contribution in [3.05, 3.63) is 182 Å². The second kappa shape index (κ2) is 18.4. The maximum atomic E-state index is 14.4. The Bertz CT molecular complexity index is 2530. The Hall–Kier alpha value is -5.80. The average molecular weight is 856 g/mol. The van der Waals surface area contributed by atoms with E-state index < -0.39 is 18.1 Å². The number of rotatable bonds is 13. The normalized spacial score (nSPS) is 16.9. The highest BCUT2D eigenvalue weighted by atomic mass is 35.5. The monoisotopic (exact) mass is 854 g/mol. The Morgan fingerprint density at radius 2 is 1.57 bits per heavy atom. The number of ether oxygens (including phenoxy) is 3. The highest BCUT2D eigenvalue weighted by Crippen LogP contribution is 2.43. The van der Waals surface area contributed by atoms with Crippen molar-refractivity contribution in [3.8, 4) is 28.4 Å². The molecule has 312 valence electrons. The summed E-state index contributed by atoms with van der Waals surface area (Å²) in [5, 5.41) is 14.3. The molecular formula is C51H48Cl2N2O6. The molecule has 4 atom stereocenters. The van der Waals surface area contributed by atoms with Crippen LogP contribution in [0.3, 0.4) is 0 Å². The number of aryl methyl sites for hydroxylation is 1. The summed E-state index contributed by atoms with van der Waals surface area (Å²) in [4.78, 5) is 29.4. The maximum Gasteiger partial charge on any atom is 0.326 e. The third-order valence-electron chi connectivity index (χ3n) is 11.9. The number of fused-ring (bicyclic) bond motifs is 2. The van der Waals surface area contributed by atoms with E-state index in [2.05, 4.69) is 55.3 Å². The number of amides is 1. The minimum atomic E-state index is -1.11. The number of hydrogen-bond acceptors (Lipinski definition) is 6. The zero-order valence-electron chi connectivity index (χ0n) is 34.4. The molecule has 61 heavy (non-hydrogen) atoms. The van der Waals surface area contributed by atoms with E-state index in [0.29, 0.717) is 53.5 Å². The second-order valence-corrected chi connectivity index (χ2v) is 16.7. The van der Waals surface area contributed by atoms with E-state index in [1.165, 1.54) is 11.1 Å². The van der Waals surface area contributed by atoms with Gasteiger partial charge in [-0.25, -0.2) is 4.79 Å². The molecular weight excluding hydrogens is 807 g/mol. The molecule has 0 saturated heterocycles. The largest absolute Gasteiger partial charge is 0.489 e. The molecule has 0 unspecified atom stereocenters. The van der Waals surface area contributed by atoms with E-state index in [4.69, 9.17) is 37.4 Å². The first-order valence-corrected chi connectivity index (χ1v) is 21.4. The Balaban J connectivity index is 0.993. The molecule has 6 aromatic carbocycles. The molecule has 2 aliphatic rings. The Morgan fingerprint density at radius 1 is 0.836 bits per heavy atom. The minimum Gasteiger partial charge on any atom is -0.489 e. The molecule has 0 radical (unpaired) electrons. The van der Waals surface area contributed by atoms with Crippen LogP contribution in [-0.4, -0.2) is 40.6 Å².